The molecule has 0 aliphatic heterocycles. The van der Waals surface area contributed by atoms with Crippen LogP contribution in [0.2, 0.25) is 0 Å². The molecule has 1 aromatic carbocycles. The summed E-state index contributed by atoms with van der Waals surface area (Å²) in [6.07, 6.45) is 7.23. The summed E-state index contributed by atoms with van der Waals surface area (Å²) >= 11 is 0. The molecule has 1 aromatic rings. The first-order valence-electron chi connectivity index (χ1n) is 8.69. The number of halogens is 2. The lowest BCUT2D eigenvalue weighted by Gasteiger charge is -2.16. The van der Waals surface area contributed by atoms with Crippen molar-refractivity contribution in [1.29, 1.82) is 0 Å². The van der Waals surface area contributed by atoms with Crippen LogP contribution in [0.3, 0.4) is 0 Å². The minimum Gasteiger partial charge on any atom is -0.324 e. The van der Waals surface area contributed by atoms with Gasteiger partial charge in [0.25, 0.3) is 0 Å². The van der Waals surface area contributed by atoms with Gasteiger partial charge in [-0.3, -0.25) is 4.79 Å². The predicted molar refractivity (Wildman–Crippen MR) is 103 cm³/mol. The van der Waals surface area contributed by atoms with Crippen LogP contribution in [-0.4, -0.2) is 33.5 Å². The maximum absolute atomic E-state index is 13.6. The van der Waals surface area contributed by atoms with Crippen molar-refractivity contribution in [1.82, 2.24) is 10.0 Å². The van der Waals surface area contributed by atoms with E-state index in [9.17, 15) is 17.6 Å². The van der Waals surface area contributed by atoms with E-state index in [1.807, 2.05) is 0 Å². The van der Waals surface area contributed by atoms with Gasteiger partial charge < -0.3 is 10.6 Å². The van der Waals surface area contributed by atoms with Gasteiger partial charge in [-0.1, -0.05) is 25.7 Å². The van der Waals surface area contributed by atoms with E-state index in [-0.39, 0.29) is 29.5 Å². The van der Waals surface area contributed by atoms with E-state index < -0.39 is 21.7 Å². The molecule has 2 rings (SSSR count). The second kappa shape index (κ2) is 10.8. The highest BCUT2D eigenvalue weighted by Crippen LogP contribution is 2.20. The van der Waals surface area contributed by atoms with E-state index in [4.69, 9.17) is 0 Å². The first-order chi connectivity index (χ1) is 11.9. The van der Waals surface area contributed by atoms with Gasteiger partial charge in [0.2, 0.25) is 15.9 Å². The Hall–Kier alpha value is -1.22. The molecule has 0 radical (unpaired) electrons. The number of carbonyl (C=O) groups is 1. The van der Waals surface area contributed by atoms with Gasteiger partial charge in [0, 0.05) is 26.1 Å². The zero-order chi connectivity index (χ0) is 18.3. The van der Waals surface area contributed by atoms with E-state index in [1.54, 1.807) is 0 Å². The van der Waals surface area contributed by atoms with Gasteiger partial charge in [0.1, 0.15) is 5.82 Å². The summed E-state index contributed by atoms with van der Waals surface area (Å²) in [4.78, 5) is 11.0. The third kappa shape index (κ3) is 7.19. The summed E-state index contributed by atoms with van der Waals surface area (Å²) in [5.74, 6) is -1.14. The zero-order valence-electron chi connectivity index (χ0n) is 14.9. The van der Waals surface area contributed by atoms with Crippen molar-refractivity contribution >= 4 is 34.0 Å². The van der Waals surface area contributed by atoms with E-state index in [2.05, 4.69) is 15.4 Å². The molecular weight excluding hydrogens is 381 g/mol. The first kappa shape index (κ1) is 22.8. The van der Waals surface area contributed by atoms with Gasteiger partial charge in [0.15, 0.2) is 0 Å². The molecule has 1 fully saturated rings. The summed E-state index contributed by atoms with van der Waals surface area (Å²) in [5, 5.41) is 5.67. The highest BCUT2D eigenvalue weighted by Gasteiger charge is 2.17. The van der Waals surface area contributed by atoms with E-state index >= 15 is 0 Å². The number of amides is 1. The molecule has 0 bridgehead atoms. The average molecular weight is 408 g/mol. The number of benzene rings is 1. The minimum atomic E-state index is -3.75. The van der Waals surface area contributed by atoms with E-state index in [1.165, 1.54) is 38.7 Å². The molecule has 0 heterocycles. The fraction of sp³-hybridized carbons (Fsp3) is 0.588. The number of anilines is 1. The van der Waals surface area contributed by atoms with Gasteiger partial charge in [0.05, 0.1) is 10.6 Å². The molecule has 6 nitrogen and oxygen atoms in total. The van der Waals surface area contributed by atoms with Crippen LogP contribution in [0.1, 0.15) is 45.4 Å². The lowest BCUT2D eigenvalue weighted by atomic mass is 10.1. The molecule has 1 amide bonds. The van der Waals surface area contributed by atoms with Crippen LogP contribution in [0.15, 0.2) is 23.1 Å². The van der Waals surface area contributed by atoms with Crippen LogP contribution in [0, 0.1) is 5.82 Å². The molecule has 26 heavy (non-hydrogen) atoms. The third-order valence-corrected chi connectivity index (χ3v) is 5.72. The highest BCUT2D eigenvalue weighted by molar-refractivity contribution is 7.89. The van der Waals surface area contributed by atoms with E-state index in [0.29, 0.717) is 12.6 Å². The number of hydrogen-bond acceptors (Lipinski definition) is 4. The monoisotopic (exact) mass is 407 g/mol. The Balaban J connectivity index is 0.00000338. The maximum atomic E-state index is 13.6. The summed E-state index contributed by atoms with van der Waals surface area (Å²) in [6.45, 7) is 2.04. The Labute approximate surface area is 160 Å². The lowest BCUT2D eigenvalue weighted by molar-refractivity contribution is -0.114. The minimum absolute atomic E-state index is 0. The quantitative estimate of drug-likeness (QED) is 0.479. The van der Waals surface area contributed by atoms with Crippen molar-refractivity contribution in [2.45, 2.75) is 56.4 Å². The summed E-state index contributed by atoms with van der Waals surface area (Å²) in [7, 11) is -3.75. The SMILES string of the molecule is CC(=O)Nc1cc(S(=O)(=O)NCCNC2CCCCCC2)ccc1F.Cl. The second-order valence-electron chi connectivity index (χ2n) is 6.36. The zero-order valence-corrected chi connectivity index (χ0v) is 16.5. The molecule has 1 saturated carbocycles. The summed E-state index contributed by atoms with van der Waals surface area (Å²) in [6, 6.07) is 3.78. The Morgan fingerprint density at radius 1 is 1.15 bits per heavy atom. The molecule has 9 heteroatoms. The average Bonchev–Trinajstić information content (AvgIpc) is 2.82. The summed E-state index contributed by atoms with van der Waals surface area (Å²) < 4.78 is 40.8. The molecule has 148 valence electrons. The predicted octanol–water partition coefficient (Wildman–Crippen LogP) is 2.80. The van der Waals surface area contributed by atoms with Gasteiger partial charge in [-0.05, 0) is 31.0 Å². The summed E-state index contributed by atoms with van der Waals surface area (Å²) in [5.41, 5.74) is -0.146. The number of rotatable bonds is 7. The van der Waals surface area contributed by atoms with Crippen molar-refractivity contribution in [3.8, 4) is 0 Å². The Morgan fingerprint density at radius 2 is 1.81 bits per heavy atom. The van der Waals surface area contributed by atoms with Crippen molar-refractivity contribution in [2.75, 3.05) is 18.4 Å². The molecule has 0 spiro atoms. The van der Waals surface area contributed by atoms with Gasteiger partial charge in [-0.15, -0.1) is 12.4 Å². The number of sulfonamides is 1. The topological polar surface area (TPSA) is 87.3 Å². The molecule has 1 aliphatic carbocycles. The Morgan fingerprint density at radius 3 is 2.42 bits per heavy atom. The van der Waals surface area contributed by atoms with Gasteiger partial charge in [-0.2, -0.15) is 0 Å². The van der Waals surface area contributed by atoms with Crippen molar-refractivity contribution < 1.29 is 17.6 Å². The molecule has 1 aliphatic rings. The van der Waals surface area contributed by atoms with Crippen LogP contribution in [0.4, 0.5) is 10.1 Å². The van der Waals surface area contributed by atoms with Crippen molar-refractivity contribution in [3.63, 3.8) is 0 Å². The first-order valence-corrected chi connectivity index (χ1v) is 10.2. The van der Waals surface area contributed by atoms with Gasteiger partial charge >= 0.3 is 0 Å². The number of carbonyl (C=O) groups excluding carboxylic acids is 1. The van der Waals surface area contributed by atoms with Gasteiger partial charge in [-0.25, -0.2) is 17.5 Å². The third-order valence-electron chi connectivity index (χ3n) is 4.26. The van der Waals surface area contributed by atoms with Crippen LogP contribution in [-0.2, 0) is 14.8 Å². The van der Waals surface area contributed by atoms with Crippen LogP contribution in [0.5, 0.6) is 0 Å². The fourth-order valence-corrected chi connectivity index (χ4v) is 4.04. The Bertz CT molecular complexity index is 692. The van der Waals surface area contributed by atoms with Crippen molar-refractivity contribution in [3.05, 3.63) is 24.0 Å². The fourth-order valence-electron chi connectivity index (χ4n) is 2.99. The second-order valence-corrected chi connectivity index (χ2v) is 8.13. The molecule has 0 saturated heterocycles. The number of hydrogen-bond donors (Lipinski definition) is 3. The number of nitrogens with one attached hydrogen (secondary N) is 3. The highest BCUT2D eigenvalue weighted by atomic mass is 35.5. The van der Waals surface area contributed by atoms with E-state index in [0.717, 1.165) is 25.0 Å². The Kier molecular flexibility index (Phi) is 9.49. The lowest BCUT2D eigenvalue weighted by Crippen LogP contribution is -2.36. The molecular formula is C17H27ClFN3O3S. The maximum Gasteiger partial charge on any atom is 0.240 e. The largest absolute Gasteiger partial charge is 0.324 e. The molecule has 0 unspecified atom stereocenters. The standard InChI is InChI=1S/C17H26FN3O3S.ClH/c1-13(22)21-17-12-15(8-9-16(17)18)25(23,24)20-11-10-19-14-6-4-2-3-5-7-14;/h8-9,12,14,19-20H,2-7,10-11H2,1H3,(H,21,22);1H. The van der Waals surface area contributed by atoms with Crippen LogP contribution < -0.4 is 15.4 Å². The van der Waals surface area contributed by atoms with Crippen molar-refractivity contribution in [2.24, 2.45) is 0 Å². The molecule has 3 N–H and O–H groups in total. The normalized spacial score (nSPS) is 15.8. The molecule has 0 atom stereocenters. The molecule has 0 aromatic heterocycles. The smallest absolute Gasteiger partial charge is 0.240 e. The van der Waals surface area contributed by atoms with Crippen LogP contribution >= 0.6 is 12.4 Å². The van der Waals surface area contributed by atoms with Crippen LogP contribution in [0.25, 0.3) is 0 Å².